The molecular formula is C14H13N5O2. The minimum Gasteiger partial charge on any atom is -0.313 e. The largest absolute Gasteiger partial charge is 0.329 e. The van der Waals surface area contributed by atoms with Crippen LogP contribution in [0.5, 0.6) is 0 Å². The Morgan fingerprint density at radius 1 is 1.19 bits per heavy atom. The maximum atomic E-state index is 12.5. The van der Waals surface area contributed by atoms with Crippen LogP contribution in [0.25, 0.3) is 10.9 Å². The number of aromatic nitrogens is 5. The molecule has 4 rings (SSSR count). The second-order valence-corrected chi connectivity index (χ2v) is 5.15. The van der Waals surface area contributed by atoms with Gasteiger partial charge < -0.3 is 9.55 Å². The van der Waals surface area contributed by atoms with Crippen molar-refractivity contribution in [2.24, 2.45) is 0 Å². The molecule has 3 heterocycles. The number of aromatic amines is 1. The van der Waals surface area contributed by atoms with Gasteiger partial charge in [-0.3, -0.25) is 9.36 Å². The molecule has 0 bridgehead atoms. The molecule has 2 aromatic heterocycles. The van der Waals surface area contributed by atoms with Gasteiger partial charge in [-0.05, 0) is 18.6 Å². The van der Waals surface area contributed by atoms with E-state index in [9.17, 15) is 9.59 Å². The monoisotopic (exact) mass is 283 g/mol. The third-order valence-corrected chi connectivity index (χ3v) is 3.88. The Labute approximate surface area is 118 Å². The van der Waals surface area contributed by atoms with Crippen molar-refractivity contribution in [3.63, 3.8) is 0 Å². The average Bonchev–Trinajstić information content (AvgIpc) is 3.07. The molecule has 1 aliphatic rings. The molecule has 1 N–H and O–H groups in total. The lowest BCUT2D eigenvalue weighted by Gasteiger charge is -2.06. The highest BCUT2D eigenvalue weighted by molar-refractivity contribution is 5.76. The topological polar surface area (TPSA) is 85.6 Å². The maximum absolute atomic E-state index is 12.5. The number of benzene rings is 1. The van der Waals surface area contributed by atoms with Crippen molar-refractivity contribution in [2.45, 2.75) is 25.9 Å². The number of para-hydroxylation sites is 1. The molecule has 0 amide bonds. The first kappa shape index (κ1) is 12.1. The summed E-state index contributed by atoms with van der Waals surface area (Å²) in [5.41, 5.74) is -0.172. The molecule has 7 nitrogen and oxygen atoms in total. The van der Waals surface area contributed by atoms with Crippen LogP contribution in [0, 0.1) is 0 Å². The molecule has 0 unspecified atom stereocenters. The predicted molar refractivity (Wildman–Crippen MR) is 76.3 cm³/mol. The second kappa shape index (κ2) is 4.41. The van der Waals surface area contributed by atoms with E-state index in [2.05, 4.69) is 15.2 Å². The number of nitrogens with zero attached hydrogens (tertiary/aromatic N) is 4. The summed E-state index contributed by atoms with van der Waals surface area (Å²) in [5.74, 6) is 1.58. The van der Waals surface area contributed by atoms with Crippen molar-refractivity contribution in [1.82, 2.24) is 24.3 Å². The highest BCUT2D eigenvalue weighted by Crippen LogP contribution is 2.14. The first-order valence-corrected chi connectivity index (χ1v) is 6.87. The van der Waals surface area contributed by atoms with Crippen LogP contribution in [-0.4, -0.2) is 24.3 Å². The number of nitrogens with one attached hydrogen (secondary N) is 1. The molecular weight excluding hydrogens is 270 g/mol. The Hall–Kier alpha value is -2.70. The van der Waals surface area contributed by atoms with Crippen molar-refractivity contribution in [3.8, 4) is 0 Å². The van der Waals surface area contributed by atoms with Gasteiger partial charge in [-0.1, -0.05) is 12.1 Å². The number of fused-ring (bicyclic) bond motifs is 2. The SMILES string of the molecule is O=c1[nH]c2ccccc2c(=O)n1Cc1nnc2n1CCC2. The molecule has 7 heteroatoms. The number of aryl methyl sites for hydroxylation is 1. The van der Waals surface area contributed by atoms with Crippen molar-refractivity contribution < 1.29 is 0 Å². The highest BCUT2D eigenvalue weighted by Gasteiger charge is 2.18. The van der Waals surface area contributed by atoms with Crippen LogP contribution in [0.15, 0.2) is 33.9 Å². The van der Waals surface area contributed by atoms with Crippen LogP contribution in [0.2, 0.25) is 0 Å². The zero-order valence-electron chi connectivity index (χ0n) is 11.2. The molecule has 0 saturated carbocycles. The normalized spacial score (nSPS) is 13.7. The molecule has 0 spiro atoms. The van der Waals surface area contributed by atoms with Crippen LogP contribution in [0.4, 0.5) is 0 Å². The molecule has 0 radical (unpaired) electrons. The fourth-order valence-corrected chi connectivity index (χ4v) is 2.81. The maximum Gasteiger partial charge on any atom is 0.329 e. The summed E-state index contributed by atoms with van der Waals surface area (Å²) in [4.78, 5) is 27.3. The van der Waals surface area contributed by atoms with E-state index in [1.54, 1.807) is 24.3 Å². The quantitative estimate of drug-likeness (QED) is 0.731. The molecule has 0 aliphatic carbocycles. The van der Waals surface area contributed by atoms with Crippen LogP contribution >= 0.6 is 0 Å². The first-order chi connectivity index (χ1) is 10.2. The predicted octanol–water partition coefficient (Wildman–Crippen LogP) is 0.276. The van der Waals surface area contributed by atoms with E-state index in [1.165, 1.54) is 4.57 Å². The highest BCUT2D eigenvalue weighted by atomic mass is 16.2. The Balaban J connectivity index is 1.87. The summed E-state index contributed by atoms with van der Waals surface area (Å²) in [6, 6.07) is 6.99. The fourth-order valence-electron chi connectivity index (χ4n) is 2.81. The van der Waals surface area contributed by atoms with E-state index in [4.69, 9.17) is 0 Å². The summed E-state index contributed by atoms with van der Waals surface area (Å²) in [6.07, 6.45) is 1.93. The van der Waals surface area contributed by atoms with Crippen molar-refractivity contribution >= 4 is 10.9 Å². The lowest BCUT2D eigenvalue weighted by Crippen LogP contribution is -2.36. The van der Waals surface area contributed by atoms with Gasteiger partial charge in [0, 0.05) is 13.0 Å². The summed E-state index contributed by atoms with van der Waals surface area (Å²) < 4.78 is 3.17. The summed E-state index contributed by atoms with van der Waals surface area (Å²) >= 11 is 0. The van der Waals surface area contributed by atoms with E-state index in [-0.39, 0.29) is 12.1 Å². The zero-order valence-corrected chi connectivity index (χ0v) is 11.2. The molecule has 21 heavy (non-hydrogen) atoms. The third kappa shape index (κ3) is 1.81. The number of hydrogen-bond donors (Lipinski definition) is 1. The molecule has 0 fully saturated rings. The molecule has 0 saturated heterocycles. The van der Waals surface area contributed by atoms with Crippen molar-refractivity contribution in [2.75, 3.05) is 0 Å². The van der Waals surface area contributed by atoms with Gasteiger partial charge in [0.2, 0.25) is 0 Å². The van der Waals surface area contributed by atoms with E-state index in [1.807, 2.05) is 4.57 Å². The molecule has 1 aromatic carbocycles. The third-order valence-electron chi connectivity index (χ3n) is 3.88. The lowest BCUT2D eigenvalue weighted by molar-refractivity contribution is 0.617. The van der Waals surface area contributed by atoms with Gasteiger partial charge >= 0.3 is 5.69 Å². The Kier molecular flexibility index (Phi) is 2.53. The van der Waals surface area contributed by atoms with E-state index >= 15 is 0 Å². The van der Waals surface area contributed by atoms with Crippen LogP contribution in [0.3, 0.4) is 0 Å². The number of H-pyrrole nitrogens is 1. The van der Waals surface area contributed by atoms with Gasteiger partial charge in [0.05, 0.1) is 17.4 Å². The van der Waals surface area contributed by atoms with Gasteiger partial charge in [-0.2, -0.15) is 0 Å². The molecule has 106 valence electrons. The van der Waals surface area contributed by atoms with E-state index in [0.29, 0.717) is 16.7 Å². The standard InChI is InChI=1S/C14H13N5O2/c20-13-9-4-1-2-5-10(9)15-14(21)19(13)8-12-17-16-11-6-3-7-18(11)12/h1-2,4-5H,3,6-8H2,(H,15,21). The molecule has 3 aromatic rings. The van der Waals surface area contributed by atoms with Crippen LogP contribution in [0.1, 0.15) is 18.1 Å². The van der Waals surface area contributed by atoms with Gasteiger partial charge in [0.15, 0.2) is 5.82 Å². The number of rotatable bonds is 2. The Morgan fingerprint density at radius 2 is 2.05 bits per heavy atom. The Morgan fingerprint density at radius 3 is 2.95 bits per heavy atom. The lowest BCUT2D eigenvalue weighted by atomic mass is 10.2. The summed E-state index contributed by atoms with van der Waals surface area (Å²) in [5, 5.41) is 8.69. The van der Waals surface area contributed by atoms with Crippen LogP contribution in [-0.2, 0) is 19.5 Å². The van der Waals surface area contributed by atoms with Crippen LogP contribution < -0.4 is 11.2 Å². The Bertz CT molecular complexity index is 950. The van der Waals surface area contributed by atoms with Gasteiger partial charge in [0.25, 0.3) is 5.56 Å². The average molecular weight is 283 g/mol. The van der Waals surface area contributed by atoms with Gasteiger partial charge in [-0.15, -0.1) is 10.2 Å². The van der Waals surface area contributed by atoms with E-state index in [0.717, 1.165) is 25.2 Å². The second-order valence-electron chi connectivity index (χ2n) is 5.15. The first-order valence-electron chi connectivity index (χ1n) is 6.87. The smallest absolute Gasteiger partial charge is 0.313 e. The van der Waals surface area contributed by atoms with Gasteiger partial charge in [-0.25, -0.2) is 4.79 Å². The number of hydrogen-bond acceptors (Lipinski definition) is 4. The summed E-state index contributed by atoms with van der Waals surface area (Å²) in [6.45, 7) is 0.990. The molecule has 0 atom stereocenters. The zero-order chi connectivity index (χ0) is 14.4. The van der Waals surface area contributed by atoms with Gasteiger partial charge in [0.1, 0.15) is 5.82 Å². The van der Waals surface area contributed by atoms with E-state index < -0.39 is 5.69 Å². The van der Waals surface area contributed by atoms with Crippen molar-refractivity contribution in [1.29, 1.82) is 0 Å². The molecule has 1 aliphatic heterocycles. The summed E-state index contributed by atoms with van der Waals surface area (Å²) in [7, 11) is 0. The minimum atomic E-state index is -0.422. The minimum absolute atomic E-state index is 0.145. The fraction of sp³-hybridized carbons (Fsp3) is 0.286. The van der Waals surface area contributed by atoms with Crippen molar-refractivity contribution in [3.05, 3.63) is 56.8 Å².